The number of hydrogen-bond acceptors (Lipinski definition) is 7. The lowest BCUT2D eigenvalue weighted by molar-refractivity contribution is -0.459. The molecule has 1 fully saturated rings. The molecule has 5 aromatic rings. The molecule has 6 rings (SSSR count). The number of unbranched alkanes of at least 4 members (excludes halogenated alkanes) is 1. The van der Waals surface area contributed by atoms with Crippen molar-refractivity contribution in [1.29, 1.82) is 0 Å². The molecule has 0 spiro atoms. The van der Waals surface area contributed by atoms with Crippen LogP contribution >= 0.6 is 0 Å². The van der Waals surface area contributed by atoms with Crippen molar-refractivity contribution in [2.24, 2.45) is 29.2 Å². The lowest BCUT2D eigenvalue weighted by Crippen LogP contribution is -2.78. The largest absolute Gasteiger partial charge is 0.493 e. The van der Waals surface area contributed by atoms with Gasteiger partial charge in [-0.15, -0.1) is 6.58 Å². The minimum atomic E-state index is -0.945. The second-order valence-corrected chi connectivity index (χ2v) is 17.8. The molecule has 354 valence electrons. The predicted molar refractivity (Wildman–Crippen MR) is 264 cm³/mol. The number of Topliss-reactive ketones (excluding diaryl/α,β-unsaturated/α-hetero) is 2. The van der Waals surface area contributed by atoms with E-state index < -0.39 is 29.8 Å². The van der Waals surface area contributed by atoms with Gasteiger partial charge in [-0.05, 0) is 96.5 Å². The molecule has 67 heavy (non-hydrogen) atoms. The number of nitrogens with one attached hydrogen (secondary N) is 2. The number of allylic oxidation sites excluding steroid dienone is 1. The van der Waals surface area contributed by atoms with Crippen molar-refractivity contribution in [3.63, 3.8) is 0 Å². The fraction of sp³-hybridized carbons (Fsp3) is 0.400. The molecule has 1 amide bonds. The monoisotopic (exact) mass is 912 g/mol. The van der Waals surface area contributed by atoms with Gasteiger partial charge in [0.2, 0.25) is 5.91 Å². The Hall–Kier alpha value is -6.53. The summed E-state index contributed by atoms with van der Waals surface area (Å²) in [6, 6.07) is 32.8. The normalized spacial score (nSPS) is 14.1. The molecule has 0 aliphatic heterocycles. The number of hydrogen-bond donors (Lipinski definition) is 5. The Labute approximate surface area is 394 Å². The molecule has 9 N–H and O–H groups in total. The molecule has 1 aliphatic carbocycles. The number of benzene rings is 5. The Morgan fingerprint density at radius 3 is 2.03 bits per heavy atom. The minimum Gasteiger partial charge on any atom is -0.493 e. The standard InChI is InChI=1S/C55H67N5O7/c1-2-16-43(54(64)67-36-39-19-7-4-8-20-39)34-48(62)47(26-15-32-59-55(57)58)60-53(63)42(23-13-14-31-56)33-44(61)37-66-50-30-28-41-22-10-12-25-46(41)52(50)51-45-24-11-9-21-40(45)27-29-49(51)65-35-38-17-5-3-6-18-38/h2,4,7-12,19-22,24-25,27-30,38,42-43,47H,1,3,5-6,13-18,23,26,31-37,56H2,(H,60,63)(H4,57,58,59)/p+2/t42-,43+,47+/m0/s1. The van der Waals surface area contributed by atoms with Crippen LogP contribution in [-0.2, 0) is 30.5 Å². The van der Waals surface area contributed by atoms with Crippen molar-refractivity contribution in [1.82, 2.24) is 5.32 Å². The Balaban J connectivity index is 1.21. The molecule has 3 atom stereocenters. The van der Waals surface area contributed by atoms with Crippen LogP contribution in [0.3, 0.4) is 0 Å². The molecule has 0 unspecified atom stereocenters. The summed E-state index contributed by atoms with van der Waals surface area (Å²) in [6.45, 7) is 5.26. The van der Waals surface area contributed by atoms with Crippen molar-refractivity contribution in [2.45, 2.75) is 96.1 Å². The highest BCUT2D eigenvalue weighted by molar-refractivity contribution is 6.10. The summed E-state index contributed by atoms with van der Waals surface area (Å²) in [4.78, 5) is 58.6. The van der Waals surface area contributed by atoms with Crippen LogP contribution < -0.4 is 37.0 Å². The third kappa shape index (κ3) is 14.7. The number of rotatable bonds is 27. The first-order valence-corrected chi connectivity index (χ1v) is 24.0. The maximum Gasteiger partial charge on any atom is 0.338 e. The van der Waals surface area contributed by atoms with Crippen molar-refractivity contribution in [3.8, 4) is 22.6 Å². The Morgan fingerprint density at radius 1 is 0.746 bits per heavy atom. The second kappa shape index (κ2) is 26.0. The summed E-state index contributed by atoms with van der Waals surface area (Å²) in [5, 5.41) is 7.04. The third-order valence-electron chi connectivity index (χ3n) is 12.7. The average molecular weight is 912 g/mol. The first-order chi connectivity index (χ1) is 32.6. The van der Waals surface area contributed by atoms with Crippen LogP contribution in [0.15, 0.2) is 116 Å². The molecule has 0 aromatic heterocycles. The summed E-state index contributed by atoms with van der Waals surface area (Å²) in [5.74, 6) is -1.21. The van der Waals surface area contributed by atoms with E-state index in [-0.39, 0.29) is 56.4 Å². The van der Waals surface area contributed by atoms with E-state index in [0.717, 1.165) is 63.2 Å². The highest BCUT2D eigenvalue weighted by Gasteiger charge is 2.31. The Morgan fingerprint density at radius 2 is 1.39 bits per heavy atom. The summed E-state index contributed by atoms with van der Waals surface area (Å²) in [6.07, 6.45) is 10.1. The first-order valence-electron chi connectivity index (χ1n) is 24.0. The zero-order chi connectivity index (χ0) is 47.4. The zero-order valence-electron chi connectivity index (χ0n) is 38.9. The van der Waals surface area contributed by atoms with E-state index in [9.17, 15) is 19.2 Å². The van der Waals surface area contributed by atoms with E-state index in [1.807, 2.05) is 72.8 Å². The number of amides is 1. The second-order valence-electron chi connectivity index (χ2n) is 17.8. The van der Waals surface area contributed by atoms with E-state index in [4.69, 9.17) is 25.7 Å². The molecule has 0 bridgehead atoms. The van der Waals surface area contributed by atoms with Crippen molar-refractivity contribution < 1.29 is 44.1 Å². The van der Waals surface area contributed by atoms with Gasteiger partial charge < -0.3 is 25.3 Å². The molecule has 0 heterocycles. The van der Waals surface area contributed by atoms with Gasteiger partial charge in [-0.1, -0.05) is 116 Å². The number of guanidine groups is 1. The SMILES string of the molecule is C=CC[C@H](CC(=O)[C@@H](CCC[NH+]=C(N)N)NC(=O)[C@@H](CCCC[NH3+])CC(=O)COc1ccc2ccccc2c1-c1c(OCC2CCCCC2)ccc2ccccc12)C(=O)OCc1ccccc1. The van der Waals surface area contributed by atoms with E-state index in [0.29, 0.717) is 50.6 Å². The van der Waals surface area contributed by atoms with Crippen molar-refractivity contribution in [3.05, 3.63) is 121 Å². The zero-order valence-corrected chi connectivity index (χ0v) is 38.9. The Kier molecular flexibility index (Phi) is 19.3. The smallest absolute Gasteiger partial charge is 0.338 e. The maximum absolute atomic E-state index is 14.3. The van der Waals surface area contributed by atoms with Gasteiger partial charge in [0.15, 0.2) is 11.6 Å². The highest BCUT2D eigenvalue weighted by Crippen LogP contribution is 2.46. The number of esters is 1. The highest BCUT2D eigenvalue weighted by atomic mass is 16.5. The van der Waals surface area contributed by atoms with E-state index in [2.05, 4.69) is 53.0 Å². The lowest BCUT2D eigenvalue weighted by Gasteiger charge is -2.24. The topological polar surface area (TPSA) is 202 Å². The Bertz CT molecular complexity index is 2460. The number of fused-ring (bicyclic) bond motifs is 2. The van der Waals surface area contributed by atoms with Crippen molar-refractivity contribution >= 4 is 50.9 Å². The molecule has 0 saturated heterocycles. The fourth-order valence-corrected chi connectivity index (χ4v) is 9.04. The van der Waals surface area contributed by atoms with Gasteiger partial charge in [0.1, 0.15) is 24.7 Å². The van der Waals surface area contributed by atoms with Crippen LogP contribution in [-0.4, -0.2) is 61.7 Å². The van der Waals surface area contributed by atoms with Crippen LogP contribution in [0.2, 0.25) is 0 Å². The molecule has 1 saturated carbocycles. The number of ketones is 2. The molecule has 12 heteroatoms. The van der Waals surface area contributed by atoms with Gasteiger partial charge in [-0.3, -0.25) is 35.6 Å². The number of carbonyl (C=O) groups is 4. The number of ether oxygens (including phenoxy) is 3. The van der Waals surface area contributed by atoms with Crippen LogP contribution in [0.1, 0.15) is 89.0 Å². The van der Waals surface area contributed by atoms with Gasteiger partial charge in [-0.2, -0.15) is 0 Å². The van der Waals surface area contributed by atoms with Gasteiger partial charge in [-0.25, -0.2) is 0 Å². The quantitative estimate of drug-likeness (QED) is 0.0128. The average Bonchev–Trinajstić information content (AvgIpc) is 3.35. The van der Waals surface area contributed by atoms with Crippen LogP contribution in [0.25, 0.3) is 32.7 Å². The van der Waals surface area contributed by atoms with Gasteiger partial charge in [0.25, 0.3) is 0 Å². The van der Waals surface area contributed by atoms with E-state index in [1.165, 1.54) is 19.3 Å². The number of carbonyl (C=O) groups excluding carboxylic acids is 4. The summed E-state index contributed by atoms with van der Waals surface area (Å²) >= 11 is 0. The van der Waals surface area contributed by atoms with Crippen LogP contribution in [0.5, 0.6) is 11.5 Å². The molecular formula is C55H69N5O7+2. The van der Waals surface area contributed by atoms with Gasteiger partial charge in [0.05, 0.1) is 31.7 Å². The molecule has 1 aliphatic rings. The molecular weight excluding hydrogens is 843 g/mol. The van der Waals surface area contributed by atoms with Crippen molar-refractivity contribution in [2.75, 3.05) is 26.3 Å². The van der Waals surface area contributed by atoms with E-state index >= 15 is 0 Å². The van der Waals surface area contributed by atoms with Crippen LogP contribution in [0, 0.1) is 17.8 Å². The fourth-order valence-electron chi connectivity index (χ4n) is 9.04. The molecule has 12 nitrogen and oxygen atoms in total. The summed E-state index contributed by atoms with van der Waals surface area (Å²) in [5.41, 5.74) is 17.8. The summed E-state index contributed by atoms with van der Waals surface area (Å²) < 4.78 is 18.8. The summed E-state index contributed by atoms with van der Waals surface area (Å²) in [7, 11) is 0. The maximum atomic E-state index is 14.3. The van der Waals surface area contributed by atoms with E-state index in [1.54, 1.807) is 6.08 Å². The van der Waals surface area contributed by atoms with Gasteiger partial charge in [0, 0.05) is 29.9 Å². The first kappa shape index (κ1) is 49.9. The lowest BCUT2D eigenvalue weighted by atomic mass is 9.90. The van der Waals surface area contributed by atoms with Crippen LogP contribution in [0.4, 0.5) is 0 Å². The number of nitrogens with two attached hydrogens (primary N) is 2. The predicted octanol–water partition coefficient (Wildman–Crippen LogP) is 6.50. The number of quaternary nitrogens is 1. The molecule has 5 aromatic carbocycles. The minimum absolute atomic E-state index is 0.0432. The third-order valence-corrected chi connectivity index (χ3v) is 12.7. The van der Waals surface area contributed by atoms with Gasteiger partial charge >= 0.3 is 11.9 Å². The molecule has 0 radical (unpaired) electrons.